The molecule has 0 amide bonds. The molecule has 1 N–H and O–H groups in total. The summed E-state index contributed by atoms with van der Waals surface area (Å²) in [6, 6.07) is 7.61. The molecule has 0 aliphatic carbocycles. The summed E-state index contributed by atoms with van der Waals surface area (Å²) in [5.41, 5.74) is 1.68. The van der Waals surface area contributed by atoms with Gasteiger partial charge in [-0.3, -0.25) is 4.98 Å². The van der Waals surface area contributed by atoms with Crippen LogP contribution in [0.1, 0.15) is 0 Å². The average molecular weight is 211 g/mol. The Balaban J connectivity index is 2.17. The third-order valence-corrected chi connectivity index (χ3v) is 1.94. The van der Waals surface area contributed by atoms with Crippen molar-refractivity contribution in [2.45, 2.75) is 0 Å². The van der Waals surface area contributed by atoms with Crippen LogP contribution in [-0.2, 0) is 0 Å². The second-order valence-corrected chi connectivity index (χ2v) is 3.02. The second-order valence-electron chi connectivity index (χ2n) is 3.02. The maximum absolute atomic E-state index is 8.38. The first-order chi connectivity index (χ1) is 7.90. The standard InChI is InChI=1S/C11H9N5/c12-4-6-14-11-15-7-9(8-16-11)10-3-1-2-5-13-10/h1-3,5,7-8H,6H2,(H,14,15,16). The molecule has 5 heteroatoms. The molecule has 0 aromatic carbocycles. The van der Waals surface area contributed by atoms with Crippen molar-refractivity contribution in [1.82, 2.24) is 15.0 Å². The smallest absolute Gasteiger partial charge is 0.223 e. The second kappa shape index (κ2) is 4.84. The largest absolute Gasteiger partial charge is 0.341 e. The quantitative estimate of drug-likeness (QED) is 0.778. The summed E-state index contributed by atoms with van der Waals surface area (Å²) in [4.78, 5) is 12.3. The lowest BCUT2D eigenvalue weighted by Crippen LogP contribution is -2.02. The number of aromatic nitrogens is 3. The van der Waals surface area contributed by atoms with Gasteiger partial charge in [-0.1, -0.05) is 6.07 Å². The van der Waals surface area contributed by atoms with Crippen molar-refractivity contribution in [3.05, 3.63) is 36.8 Å². The van der Waals surface area contributed by atoms with Gasteiger partial charge in [-0.25, -0.2) is 9.97 Å². The molecule has 78 valence electrons. The highest BCUT2D eigenvalue weighted by Gasteiger charge is 1.99. The average Bonchev–Trinajstić information content (AvgIpc) is 2.38. The van der Waals surface area contributed by atoms with Crippen LogP contribution in [0.15, 0.2) is 36.8 Å². The highest BCUT2D eigenvalue weighted by Crippen LogP contribution is 2.14. The van der Waals surface area contributed by atoms with Gasteiger partial charge in [0.15, 0.2) is 0 Å². The summed E-state index contributed by atoms with van der Waals surface area (Å²) in [5.74, 6) is 0.446. The van der Waals surface area contributed by atoms with E-state index < -0.39 is 0 Å². The molecule has 0 unspecified atom stereocenters. The van der Waals surface area contributed by atoms with Gasteiger partial charge in [0.25, 0.3) is 0 Å². The number of pyridine rings is 1. The van der Waals surface area contributed by atoms with Gasteiger partial charge in [-0.05, 0) is 12.1 Å². The lowest BCUT2D eigenvalue weighted by molar-refractivity contribution is 1.12. The minimum Gasteiger partial charge on any atom is -0.341 e. The van der Waals surface area contributed by atoms with Gasteiger partial charge in [0.2, 0.25) is 5.95 Å². The zero-order valence-electron chi connectivity index (χ0n) is 8.46. The summed E-state index contributed by atoms with van der Waals surface area (Å²) >= 11 is 0. The normalized spacial score (nSPS) is 9.44. The monoisotopic (exact) mass is 211 g/mol. The van der Waals surface area contributed by atoms with Crippen molar-refractivity contribution in [3.63, 3.8) is 0 Å². The number of nitriles is 1. The number of rotatable bonds is 3. The number of nitrogens with one attached hydrogen (secondary N) is 1. The number of nitrogens with zero attached hydrogens (tertiary/aromatic N) is 4. The third-order valence-electron chi connectivity index (χ3n) is 1.94. The van der Waals surface area contributed by atoms with Crippen molar-refractivity contribution < 1.29 is 0 Å². The fraction of sp³-hybridized carbons (Fsp3) is 0.0909. The number of hydrogen-bond donors (Lipinski definition) is 1. The van der Waals surface area contributed by atoms with Gasteiger partial charge in [0, 0.05) is 24.2 Å². The van der Waals surface area contributed by atoms with Gasteiger partial charge in [0.05, 0.1) is 11.8 Å². The van der Waals surface area contributed by atoms with Crippen LogP contribution in [0.3, 0.4) is 0 Å². The van der Waals surface area contributed by atoms with Crippen molar-refractivity contribution in [2.75, 3.05) is 11.9 Å². The Morgan fingerprint density at radius 2 is 2.00 bits per heavy atom. The molecule has 0 saturated carbocycles. The maximum atomic E-state index is 8.38. The molecule has 0 aliphatic rings. The highest BCUT2D eigenvalue weighted by molar-refractivity contribution is 5.56. The van der Waals surface area contributed by atoms with Crippen LogP contribution in [0.5, 0.6) is 0 Å². The summed E-state index contributed by atoms with van der Waals surface area (Å²) in [6.07, 6.45) is 5.07. The fourth-order valence-electron chi connectivity index (χ4n) is 1.20. The van der Waals surface area contributed by atoms with Crippen LogP contribution in [-0.4, -0.2) is 21.5 Å². The zero-order chi connectivity index (χ0) is 11.2. The predicted molar refractivity (Wildman–Crippen MR) is 59.4 cm³/mol. The van der Waals surface area contributed by atoms with Gasteiger partial charge in [-0.2, -0.15) is 5.26 Å². The SMILES string of the molecule is N#CCNc1ncc(-c2ccccn2)cn1. The third kappa shape index (κ3) is 2.30. The number of hydrogen-bond acceptors (Lipinski definition) is 5. The van der Waals surface area contributed by atoms with E-state index in [4.69, 9.17) is 5.26 Å². The molecule has 2 rings (SSSR count). The molecule has 0 fully saturated rings. The summed E-state index contributed by atoms with van der Waals surface area (Å²) in [7, 11) is 0. The molecule has 2 aromatic rings. The van der Waals surface area contributed by atoms with E-state index in [0.29, 0.717) is 5.95 Å². The molecule has 0 spiro atoms. The Labute approximate surface area is 92.8 Å². The van der Waals surface area contributed by atoms with E-state index in [2.05, 4.69) is 20.3 Å². The maximum Gasteiger partial charge on any atom is 0.223 e. The van der Waals surface area contributed by atoms with Gasteiger partial charge in [-0.15, -0.1) is 0 Å². The van der Waals surface area contributed by atoms with Crippen LogP contribution in [0.4, 0.5) is 5.95 Å². The fourth-order valence-corrected chi connectivity index (χ4v) is 1.20. The Bertz CT molecular complexity index is 486. The van der Waals surface area contributed by atoms with Crippen molar-refractivity contribution in [2.24, 2.45) is 0 Å². The molecular weight excluding hydrogens is 202 g/mol. The van der Waals surface area contributed by atoms with Gasteiger partial charge >= 0.3 is 0 Å². The highest BCUT2D eigenvalue weighted by atomic mass is 15.1. The van der Waals surface area contributed by atoms with Crippen LogP contribution in [0, 0.1) is 11.3 Å². The zero-order valence-corrected chi connectivity index (χ0v) is 8.46. The first-order valence-electron chi connectivity index (χ1n) is 4.74. The molecule has 0 bridgehead atoms. The lowest BCUT2D eigenvalue weighted by atomic mass is 10.2. The molecule has 0 saturated heterocycles. The van der Waals surface area contributed by atoms with Crippen LogP contribution < -0.4 is 5.32 Å². The summed E-state index contributed by atoms with van der Waals surface area (Å²) in [5, 5.41) is 11.2. The van der Waals surface area contributed by atoms with Crippen LogP contribution in [0.25, 0.3) is 11.3 Å². The first kappa shape index (κ1) is 10.1. The molecule has 5 nitrogen and oxygen atoms in total. The van der Waals surface area contributed by atoms with E-state index in [1.807, 2.05) is 24.3 Å². The van der Waals surface area contributed by atoms with Crippen LogP contribution in [0.2, 0.25) is 0 Å². The minimum absolute atomic E-state index is 0.197. The molecule has 0 atom stereocenters. The lowest BCUT2D eigenvalue weighted by Gasteiger charge is -2.01. The Morgan fingerprint density at radius 1 is 1.19 bits per heavy atom. The van der Waals surface area contributed by atoms with E-state index >= 15 is 0 Å². The Hall–Kier alpha value is -2.48. The first-order valence-corrected chi connectivity index (χ1v) is 4.74. The molecule has 2 aromatic heterocycles. The van der Waals surface area contributed by atoms with Crippen molar-refractivity contribution in [3.8, 4) is 17.3 Å². The topological polar surface area (TPSA) is 74.5 Å². The molecular formula is C11H9N5. The Kier molecular flexibility index (Phi) is 3.04. The van der Waals surface area contributed by atoms with E-state index in [1.54, 1.807) is 18.6 Å². The molecule has 0 aliphatic heterocycles. The molecule has 2 heterocycles. The van der Waals surface area contributed by atoms with E-state index in [-0.39, 0.29) is 6.54 Å². The van der Waals surface area contributed by atoms with Crippen LogP contribution >= 0.6 is 0 Å². The van der Waals surface area contributed by atoms with Crippen molar-refractivity contribution >= 4 is 5.95 Å². The van der Waals surface area contributed by atoms with E-state index in [1.165, 1.54) is 0 Å². The summed E-state index contributed by atoms with van der Waals surface area (Å²) < 4.78 is 0. The van der Waals surface area contributed by atoms with Gasteiger partial charge < -0.3 is 5.32 Å². The van der Waals surface area contributed by atoms with E-state index in [0.717, 1.165) is 11.3 Å². The molecule has 0 radical (unpaired) electrons. The minimum atomic E-state index is 0.197. The van der Waals surface area contributed by atoms with Crippen molar-refractivity contribution in [1.29, 1.82) is 5.26 Å². The Morgan fingerprint density at radius 3 is 2.62 bits per heavy atom. The summed E-state index contributed by atoms with van der Waals surface area (Å²) in [6.45, 7) is 0.197. The van der Waals surface area contributed by atoms with E-state index in [9.17, 15) is 0 Å². The van der Waals surface area contributed by atoms with Gasteiger partial charge in [0.1, 0.15) is 6.54 Å². The molecule has 16 heavy (non-hydrogen) atoms. The number of anilines is 1. The predicted octanol–water partition coefficient (Wildman–Crippen LogP) is 1.47.